The highest BCUT2D eigenvalue weighted by atomic mass is 19.4. The molecule has 0 saturated carbocycles. The Bertz CT molecular complexity index is 1070. The Hall–Kier alpha value is -2.56. The van der Waals surface area contributed by atoms with E-state index < -0.39 is 17.9 Å². The lowest BCUT2D eigenvalue weighted by atomic mass is 9.79. The Morgan fingerprint density at radius 2 is 1.71 bits per heavy atom. The van der Waals surface area contributed by atoms with Crippen LogP contribution in [-0.2, 0) is 19.3 Å². The molecular weight excluding hydrogens is 404 g/mol. The van der Waals surface area contributed by atoms with Crippen LogP contribution in [0.25, 0.3) is 10.8 Å². The van der Waals surface area contributed by atoms with E-state index in [4.69, 9.17) is 0 Å². The van der Waals surface area contributed by atoms with Crippen molar-refractivity contribution in [2.45, 2.75) is 64.1 Å². The van der Waals surface area contributed by atoms with Gasteiger partial charge in [0.1, 0.15) is 0 Å². The Kier molecular flexibility index (Phi) is 6.22. The fraction of sp³-hybridized carbons (Fsp3) is 0.385. The fourth-order valence-corrected chi connectivity index (χ4v) is 4.55. The van der Waals surface area contributed by atoms with Gasteiger partial charge in [0, 0.05) is 0 Å². The van der Waals surface area contributed by atoms with Crippen LogP contribution in [0.4, 0.5) is 17.6 Å². The standard InChI is InChI=1S/C26H26F4O/c1-2-3-4-5-17-6-7-19-13-20(9-8-18(19)12-17)21-10-11-22-16-25(31-26(28,29)30)24(27)15-23(22)14-21/h6-9,12-13,15-16,21H,2-5,10-11,14H2,1H3. The van der Waals surface area contributed by atoms with Crippen molar-refractivity contribution in [3.8, 4) is 5.75 Å². The maximum absolute atomic E-state index is 14.2. The lowest BCUT2D eigenvalue weighted by Crippen LogP contribution is -2.19. The van der Waals surface area contributed by atoms with E-state index in [1.165, 1.54) is 53.3 Å². The fourth-order valence-electron chi connectivity index (χ4n) is 4.55. The molecule has 4 rings (SSSR count). The molecule has 3 aromatic rings. The average Bonchev–Trinajstić information content (AvgIpc) is 2.73. The van der Waals surface area contributed by atoms with Gasteiger partial charge < -0.3 is 4.74 Å². The summed E-state index contributed by atoms with van der Waals surface area (Å²) in [6.07, 6.45) is 1.87. The zero-order valence-electron chi connectivity index (χ0n) is 17.6. The first-order valence-electron chi connectivity index (χ1n) is 10.9. The molecule has 164 valence electrons. The maximum Gasteiger partial charge on any atom is 0.573 e. The van der Waals surface area contributed by atoms with Crippen molar-refractivity contribution in [1.29, 1.82) is 0 Å². The first-order chi connectivity index (χ1) is 14.8. The van der Waals surface area contributed by atoms with Gasteiger partial charge in [-0.25, -0.2) is 4.39 Å². The van der Waals surface area contributed by atoms with E-state index in [0.29, 0.717) is 12.8 Å². The minimum absolute atomic E-state index is 0.218. The van der Waals surface area contributed by atoms with Crippen LogP contribution in [0.5, 0.6) is 5.75 Å². The molecule has 3 aromatic carbocycles. The van der Waals surface area contributed by atoms with Gasteiger partial charge in [-0.3, -0.25) is 0 Å². The molecule has 1 atom stereocenters. The van der Waals surface area contributed by atoms with E-state index in [1.54, 1.807) is 0 Å². The number of hydrogen-bond donors (Lipinski definition) is 0. The van der Waals surface area contributed by atoms with Crippen molar-refractivity contribution in [2.24, 2.45) is 0 Å². The quantitative estimate of drug-likeness (QED) is 0.285. The minimum atomic E-state index is -4.90. The molecule has 31 heavy (non-hydrogen) atoms. The van der Waals surface area contributed by atoms with E-state index in [9.17, 15) is 17.6 Å². The van der Waals surface area contributed by atoms with Crippen LogP contribution in [0, 0.1) is 5.82 Å². The number of alkyl halides is 3. The summed E-state index contributed by atoms with van der Waals surface area (Å²) in [5.41, 5.74) is 4.03. The van der Waals surface area contributed by atoms with Crippen molar-refractivity contribution in [2.75, 3.05) is 0 Å². The van der Waals surface area contributed by atoms with Crippen LogP contribution in [0.15, 0.2) is 48.5 Å². The predicted octanol–water partition coefficient (Wildman–Crippen LogP) is 7.88. The highest BCUT2D eigenvalue weighted by Crippen LogP contribution is 2.37. The molecule has 1 aliphatic rings. The molecule has 0 radical (unpaired) electrons. The molecule has 0 amide bonds. The number of unbranched alkanes of at least 4 members (excludes halogenated alkanes) is 2. The zero-order valence-corrected chi connectivity index (χ0v) is 17.6. The molecule has 1 nitrogen and oxygen atoms in total. The summed E-state index contributed by atoms with van der Waals surface area (Å²) in [5, 5.41) is 2.40. The van der Waals surface area contributed by atoms with Crippen LogP contribution >= 0.6 is 0 Å². The molecule has 1 aliphatic carbocycles. The first-order valence-corrected chi connectivity index (χ1v) is 10.9. The summed E-state index contributed by atoms with van der Waals surface area (Å²) in [4.78, 5) is 0. The predicted molar refractivity (Wildman–Crippen MR) is 115 cm³/mol. The zero-order chi connectivity index (χ0) is 22.0. The number of benzene rings is 3. The van der Waals surface area contributed by atoms with E-state index >= 15 is 0 Å². The number of halogens is 4. The highest BCUT2D eigenvalue weighted by molar-refractivity contribution is 5.84. The third-order valence-corrected chi connectivity index (χ3v) is 6.18. The third-order valence-electron chi connectivity index (χ3n) is 6.18. The van der Waals surface area contributed by atoms with Gasteiger partial charge in [-0.2, -0.15) is 0 Å². The second kappa shape index (κ2) is 8.89. The summed E-state index contributed by atoms with van der Waals surface area (Å²) in [6.45, 7) is 2.20. The molecule has 0 spiro atoms. The number of ether oxygens (including phenoxy) is 1. The molecule has 5 heteroatoms. The van der Waals surface area contributed by atoms with Gasteiger partial charge in [0.2, 0.25) is 0 Å². The van der Waals surface area contributed by atoms with Gasteiger partial charge in [0.15, 0.2) is 11.6 Å². The summed E-state index contributed by atoms with van der Waals surface area (Å²) < 4.78 is 55.4. The lowest BCUT2D eigenvalue weighted by molar-refractivity contribution is -0.275. The monoisotopic (exact) mass is 430 g/mol. The van der Waals surface area contributed by atoms with Crippen molar-refractivity contribution < 1.29 is 22.3 Å². The Labute approximate surface area is 180 Å². The minimum Gasteiger partial charge on any atom is -0.403 e. The maximum atomic E-state index is 14.2. The molecule has 1 unspecified atom stereocenters. The van der Waals surface area contributed by atoms with E-state index in [-0.39, 0.29) is 5.92 Å². The summed E-state index contributed by atoms with van der Waals surface area (Å²) in [5.74, 6) is -1.49. The molecular formula is C26H26F4O. The SMILES string of the molecule is CCCCCc1ccc2cc(C3CCc4cc(OC(F)(F)F)c(F)cc4C3)ccc2c1. The molecule has 0 saturated heterocycles. The Morgan fingerprint density at radius 3 is 2.48 bits per heavy atom. The molecule has 0 heterocycles. The smallest absolute Gasteiger partial charge is 0.403 e. The average molecular weight is 430 g/mol. The van der Waals surface area contributed by atoms with Gasteiger partial charge in [-0.1, -0.05) is 56.2 Å². The van der Waals surface area contributed by atoms with Crippen LogP contribution in [0.3, 0.4) is 0 Å². The largest absolute Gasteiger partial charge is 0.573 e. The third kappa shape index (κ3) is 5.20. The molecule has 0 fully saturated rings. The van der Waals surface area contributed by atoms with Crippen molar-refractivity contribution in [3.63, 3.8) is 0 Å². The van der Waals surface area contributed by atoms with Crippen LogP contribution in [0.1, 0.15) is 60.8 Å². The van der Waals surface area contributed by atoms with Crippen molar-refractivity contribution in [3.05, 3.63) is 76.6 Å². The summed E-state index contributed by atoms with van der Waals surface area (Å²) in [7, 11) is 0. The number of hydrogen-bond acceptors (Lipinski definition) is 1. The van der Waals surface area contributed by atoms with Gasteiger partial charge in [-0.05, 0) is 83.2 Å². The van der Waals surface area contributed by atoms with Crippen LogP contribution in [0.2, 0.25) is 0 Å². The summed E-state index contributed by atoms with van der Waals surface area (Å²) >= 11 is 0. The van der Waals surface area contributed by atoms with E-state index in [2.05, 4.69) is 48.1 Å². The summed E-state index contributed by atoms with van der Waals surface area (Å²) in [6, 6.07) is 15.5. The molecule has 0 aliphatic heterocycles. The van der Waals surface area contributed by atoms with Crippen molar-refractivity contribution in [1.82, 2.24) is 0 Å². The van der Waals surface area contributed by atoms with Crippen molar-refractivity contribution >= 4 is 10.8 Å². The Morgan fingerprint density at radius 1 is 0.935 bits per heavy atom. The second-order valence-corrected chi connectivity index (χ2v) is 8.44. The number of rotatable bonds is 6. The highest BCUT2D eigenvalue weighted by Gasteiger charge is 2.33. The van der Waals surface area contributed by atoms with Gasteiger partial charge >= 0.3 is 6.36 Å². The lowest BCUT2D eigenvalue weighted by Gasteiger charge is -2.26. The molecule has 0 bridgehead atoms. The van der Waals surface area contributed by atoms with E-state index in [0.717, 1.165) is 24.0 Å². The Balaban J connectivity index is 1.52. The van der Waals surface area contributed by atoms with Crippen LogP contribution in [-0.4, -0.2) is 6.36 Å². The normalized spacial score (nSPS) is 16.4. The van der Waals surface area contributed by atoms with Gasteiger partial charge in [0.05, 0.1) is 0 Å². The van der Waals surface area contributed by atoms with E-state index in [1.807, 2.05) is 0 Å². The topological polar surface area (TPSA) is 9.23 Å². The van der Waals surface area contributed by atoms with Gasteiger partial charge in [-0.15, -0.1) is 13.2 Å². The van der Waals surface area contributed by atoms with Gasteiger partial charge in [0.25, 0.3) is 0 Å². The second-order valence-electron chi connectivity index (χ2n) is 8.44. The molecule has 0 N–H and O–H groups in total. The molecule has 0 aromatic heterocycles. The number of fused-ring (bicyclic) bond motifs is 2. The number of aryl methyl sites for hydroxylation is 2. The van der Waals surface area contributed by atoms with Crippen LogP contribution < -0.4 is 4.74 Å². The first kappa shape index (κ1) is 21.7.